The van der Waals surface area contributed by atoms with Crippen molar-refractivity contribution in [2.45, 2.75) is 85.5 Å². The minimum absolute atomic E-state index is 0.0947. The number of nitrogens with zero attached hydrogens (tertiary/aromatic N) is 4. The molecule has 1 atom stereocenters. The van der Waals surface area contributed by atoms with Crippen molar-refractivity contribution in [1.82, 2.24) is 0 Å². The molecule has 0 aliphatic heterocycles. The molecule has 0 aliphatic carbocycles. The Morgan fingerprint density at radius 3 is 1.38 bits per heavy atom. The van der Waals surface area contributed by atoms with Crippen LogP contribution in [0.3, 0.4) is 0 Å². The molecule has 0 radical (unpaired) electrons. The number of carbonyl (C=O) groups excluding carboxylic acids is 2. The third-order valence-corrected chi connectivity index (χ3v) is 10.2. The minimum atomic E-state index is -1.44. The van der Waals surface area contributed by atoms with E-state index < -0.39 is 7.12 Å². The molecule has 0 aliphatic rings. The maximum atomic E-state index is 11.2. The zero-order valence-electron chi connectivity index (χ0n) is 35.8. The predicted molar refractivity (Wildman–Crippen MR) is 254 cm³/mol. The number of hydrogen-bond acceptors (Lipinski definition) is 8. The number of hydrogen-bond donors (Lipinski definition) is 2. The topological polar surface area (TPSA) is 124 Å². The van der Waals surface area contributed by atoms with Gasteiger partial charge in [0.2, 0.25) is 0 Å². The number of rotatable bonds is 16. The highest BCUT2D eigenvalue weighted by Gasteiger charge is 2.10. The first-order valence-electron chi connectivity index (χ1n) is 20.8. The molecule has 0 amide bonds. The van der Waals surface area contributed by atoms with Crippen LogP contribution in [0.25, 0.3) is 11.1 Å². The monoisotopic (exact) mass is 878 g/mol. The second-order valence-electron chi connectivity index (χ2n) is 15.2. The van der Waals surface area contributed by atoms with E-state index in [0.717, 1.165) is 49.5 Å². The Balaban J connectivity index is 0.000000212. The van der Waals surface area contributed by atoms with Gasteiger partial charge in [-0.05, 0) is 127 Å². The first kappa shape index (κ1) is 48.0. The standard InChI is InChI=1S/C22H20N2O.C20H25BrN2.C9H11BO3/c1-16-3-11-21(12-4-16)23-24-22-13-9-20(10-14-22)19-7-5-18(6-8-19)15-17(2)25;1-3-4-5-6-7-16(2)17-8-12-19(13-9-17)22-23-20-14-10-18(21)11-15-20;1-7(11)6-8-2-4-9(5-3-8)10(12)13/h3-14H,15H2,1-2H3;8-16H,3-7H2,1-2H3;2-5,12-13H,6H2,1H3. The molecule has 0 saturated heterocycles. The number of aryl methyl sites for hydroxylation is 1. The van der Waals surface area contributed by atoms with Crippen molar-refractivity contribution in [3.05, 3.63) is 172 Å². The molecule has 6 aromatic carbocycles. The van der Waals surface area contributed by atoms with Crippen molar-refractivity contribution >= 4 is 62.8 Å². The van der Waals surface area contributed by atoms with Crippen LogP contribution in [0, 0.1) is 6.92 Å². The van der Waals surface area contributed by atoms with E-state index in [9.17, 15) is 9.59 Å². The molecule has 0 aromatic heterocycles. The molecule has 0 spiro atoms. The molecule has 6 rings (SSSR count). The van der Waals surface area contributed by atoms with Crippen LogP contribution in [0.4, 0.5) is 22.7 Å². The van der Waals surface area contributed by atoms with E-state index in [-0.39, 0.29) is 11.6 Å². The van der Waals surface area contributed by atoms with E-state index in [1.54, 1.807) is 31.2 Å². The van der Waals surface area contributed by atoms with Gasteiger partial charge in [0.1, 0.15) is 11.6 Å². The lowest BCUT2D eigenvalue weighted by molar-refractivity contribution is -0.117. The van der Waals surface area contributed by atoms with Gasteiger partial charge in [-0.2, -0.15) is 20.5 Å². The highest BCUT2D eigenvalue weighted by Crippen LogP contribution is 2.27. The molecule has 0 heterocycles. The Kier molecular flexibility index (Phi) is 20.3. The summed E-state index contributed by atoms with van der Waals surface area (Å²) in [6.07, 6.45) is 7.45. The Labute approximate surface area is 370 Å². The lowest BCUT2D eigenvalue weighted by atomic mass is 9.80. The van der Waals surface area contributed by atoms with Crippen molar-refractivity contribution in [2.24, 2.45) is 20.5 Å². The Bertz CT molecular complexity index is 2280. The SMILES string of the molecule is CC(=O)Cc1ccc(-c2ccc(N=Nc3ccc(C)cc3)cc2)cc1.CC(=O)Cc1ccc(B(O)O)cc1.CCCCCCC(C)c1ccc(N=Nc2ccc(Br)cc2)cc1. The lowest BCUT2D eigenvalue weighted by Crippen LogP contribution is -2.29. The average molecular weight is 880 g/mol. The van der Waals surface area contributed by atoms with Gasteiger partial charge in [0.25, 0.3) is 0 Å². The average Bonchev–Trinajstić information content (AvgIpc) is 3.26. The molecular weight excluding hydrogens is 823 g/mol. The Morgan fingerprint density at radius 1 is 0.557 bits per heavy atom. The largest absolute Gasteiger partial charge is 0.488 e. The van der Waals surface area contributed by atoms with Gasteiger partial charge in [-0.15, -0.1) is 0 Å². The third-order valence-electron chi connectivity index (χ3n) is 9.71. The van der Waals surface area contributed by atoms with Gasteiger partial charge < -0.3 is 10.0 Å². The predicted octanol–water partition coefficient (Wildman–Crippen LogP) is 13.6. The zero-order chi connectivity index (χ0) is 44.0. The molecule has 314 valence electrons. The van der Waals surface area contributed by atoms with Crippen LogP contribution in [0.1, 0.15) is 88.0 Å². The number of halogens is 1. The molecule has 0 fully saturated rings. The third kappa shape index (κ3) is 18.2. The fraction of sp³-hybridized carbons (Fsp3) is 0.255. The maximum absolute atomic E-state index is 11.2. The second kappa shape index (κ2) is 25.8. The highest BCUT2D eigenvalue weighted by molar-refractivity contribution is 9.10. The first-order valence-corrected chi connectivity index (χ1v) is 21.6. The summed E-state index contributed by atoms with van der Waals surface area (Å²) in [4.78, 5) is 21.9. The molecule has 61 heavy (non-hydrogen) atoms. The number of azo groups is 2. The fourth-order valence-electron chi connectivity index (χ4n) is 6.18. The highest BCUT2D eigenvalue weighted by atomic mass is 79.9. The number of benzene rings is 6. The summed E-state index contributed by atoms with van der Waals surface area (Å²) in [5, 5.41) is 34.7. The molecule has 6 aromatic rings. The summed E-state index contributed by atoms with van der Waals surface area (Å²) in [6, 6.07) is 47.0. The van der Waals surface area contributed by atoms with Crippen molar-refractivity contribution < 1.29 is 19.6 Å². The van der Waals surface area contributed by atoms with E-state index in [1.807, 2.05) is 104 Å². The zero-order valence-corrected chi connectivity index (χ0v) is 37.4. The van der Waals surface area contributed by atoms with E-state index >= 15 is 0 Å². The van der Waals surface area contributed by atoms with E-state index in [0.29, 0.717) is 24.2 Å². The van der Waals surface area contributed by atoms with Gasteiger partial charge in [-0.1, -0.05) is 146 Å². The van der Waals surface area contributed by atoms with E-state index in [1.165, 1.54) is 50.2 Å². The Morgan fingerprint density at radius 2 is 0.951 bits per heavy atom. The number of unbranched alkanes of at least 4 members (excludes halogenated alkanes) is 3. The number of Topliss-reactive ketones (excluding diaryl/α,β-unsaturated/α-hetero) is 2. The first-order chi connectivity index (χ1) is 29.4. The van der Waals surface area contributed by atoms with E-state index in [4.69, 9.17) is 10.0 Å². The van der Waals surface area contributed by atoms with Crippen LogP contribution in [-0.2, 0) is 22.4 Å². The summed E-state index contributed by atoms with van der Waals surface area (Å²) in [7, 11) is -1.44. The number of carbonyl (C=O) groups is 2. The summed E-state index contributed by atoms with van der Waals surface area (Å²) in [5.41, 5.74) is 10.6. The number of ketones is 2. The molecule has 2 N–H and O–H groups in total. The molecule has 0 saturated carbocycles. The van der Waals surface area contributed by atoms with Crippen LogP contribution in [0.15, 0.2) is 171 Å². The molecular formula is C51H56BBrN4O4. The summed E-state index contributed by atoms with van der Waals surface area (Å²) < 4.78 is 1.05. The van der Waals surface area contributed by atoms with Crippen LogP contribution in [-0.4, -0.2) is 28.7 Å². The van der Waals surface area contributed by atoms with Gasteiger partial charge in [-0.3, -0.25) is 9.59 Å². The normalized spacial score (nSPS) is 11.3. The van der Waals surface area contributed by atoms with Crippen LogP contribution in [0.5, 0.6) is 0 Å². The lowest BCUT2D eigenvalue weighted by Gasteiger charge is -2.11. The van der Waals surface area contributed by atoms with E-state index in [2.05, 4.69) is 74.5 Å². The van der Waals surface area contributed by atoms with Crippen LogP contribution >= 0.6 is 15.9 Å². The van der Waals surface area contributed by atoms with Gasteiger partial charge in [0.05, 0.1) is 22.7 Å². The van der Waals surface area contributed by atoms with Crippen molar-refractivity contribution in [1.29, 1.82) is 0 Å². The van der Waals surface area contributed by atoms with Crippen LogP contribution < -0.4 is 5.46 Å². The summed E-state index contributed by atoms with van der Waals surface area (Å²) in [5.74, 6) is 0.887. The van der Waals surface area contributed by atoms with Gasteiger partial charge >= 0.3 is 7.12 Å². The van der Waals surface area contributed by atoms with Crippen molar-refractivity contribution in [3.63, 3.8) is 0 Å². The maximum Gasteiger partial charge on any atom is 0.488 e. The Hall–Kier alpha value is -5.68. The van der Waals surface area contributed by atoms with Gasteiger partial charge in [0, 0.05) is 17.3 Å². The van der Waals surface area contributed by atoms with Gasteiger partial charge in [-0.25, -0.2) is 0 Å². The minimum Gasteiger partial charge on any atom is -0.423 e. The summed E-state index contributed by atoms with van der Waals surface area (Å²) in [6.45, 7) is 9.74. The van der Waals surface area contributed by atoms with Crippen molar-refractivity contribution in [3.8, 4) is 11.1 Å². The molecule has 1 unspecified atom stereocenters. The smallest absolute Gasteiger partial charge is 0.423 e. The van der Waals surface area contributed by atoms with Gasteiger partial charge in [0.15, 0.2) is 0 Å². The fourth-order valence-corrected chi connectivity index (χ4v) is 6.45. The van der Waals surface area contributed by atoms with Crippen LogP contribution in [0.2, 0.25) is 0 Å². The van der Waals surface area contributed by atoms with Crippen molar-refractivity contribution in [2.75, 3.05) is 0 Å². The molecule has 0 bridgehead atoms. The quantitative estimate of drug-likeness (QED) is 0.0571. The second-order valence-corrected chi connectivity index (χ2v) is 16.1. The summed E-state index contributed by atoms with van der Waals surface area (Å²) >= 11 is 3.42. The molecule has 10 heteroatoms. The molecule has 8 nitrogen and oxygen atoms in total.